The van der Waals surface area contributed by atoms with Gasteiger partial charge in [-0.15, -0.1) is 10.2 Å². The van der Waals surface area contributed by atoms with Crippen LogP contribution in [-0.4, -0.2) is 25.1 Å². The van der Waals surface area contributed by atoms with Gasteiger partial charge in [0.25, 0.3) is 11.5 Å². The number of amides is 1. The van der Waals surface area contributed by atoms with Crippen molar-refractivity contribution in [3.05, 3.63) is 100 Å². The summed E-state index contributed by atoms with van der Waals surface area (Å²) in [6, 6.07) is 22.3. The Labute approximate surface area is 195 Å². The first-order valence-corrected chi connectivity index (χ1v) is 11.1. The third kappa shape index (κ3) is 3.79. The molecule has 0 aliphatic rings. The van der Waals surface area contributed by atoms with Crippen LogP contribution in [0.4, 0.5) is 11.4 Å². The zero-order chi connectivity index (χ0) is 23.7. The zero-order valence-corrected chi connectivity index (χ0v) is 18.9. The van der Waals surface area contributed by atoms with E-state index in [1.54, 1.807) is 16.7 Å². The van der Waals surface area contributed by atoms with E-state index in [4.69, 9.17) is 0 Å². The molecule has 0 spiro atoms. The van der Waals surface area contributed by atoms with E-state index in [9.17, 15) is 9.59 Å². The molecule has 1 amide bonds. The fourth-order valence-electron chi connectivity index (χ4n) is 4.07. The number of anilines is 2. The number of nitrogens with zero attached hydrogens (tertiary/aromatic N) is 4. The monoisotopic (exact) mass is 452 g/mol. The van der Waals surface area contributed by atoms with Crippen LogP contribution in [0.3, 0.4) is 0 Å². The number of carbonyl (C=O) groups is 1. The van der Waals surface area contributed by atoms with Crippen molar-refractivity contribution in [2.45, 2.75) is 26.9 Å². The zero-order valence-electron chi connectivity index (χ0n) is 18.9. The van der Waals surface area contributed by atoms with Crippen molar-refractivity contribution in [3.63, 3.8) is 0 Å². The predicted molar refractivity (Wildman–Crippen MR) is 133 cm³/mol. The average Bonchev–Trinajstić information content (AvgIpc) is 3.29. The standard InChI is InChI=1S/C26H24N6O2/c1-3-31-25(34)20-11-7-8-12-22(20)32-23(29-30-26(31)32)16-27-21-15-19(14-13-17(21)2)28-24(33)18-9-5-4-6-10-18/h4-15,27H,3,16H2,1-2H3,(H,28,33). The summed E-state index contributed by atoms with van der Waals surface area (Å²) in [6.45, 7) is 4.81. The van der Waals surface area contributed by atoms with Crippen LogP contribution in [0.25, 0.3) is 16.7 Å². The fourth-order valence-corrected chi connectivity index (χ4v) is 4.07. The Hall–Kier alpha value is -4.46. The van der Waals surface area contributed by atoms with Gasteiger partial charge in [0.1, 0.15) is 0 Å². The number of para-hydroxylation sites is 1. The van der Waals surface area contributed by atoms with Crippen molar-refractivity contribution >= 4 is 34.0 Å². The maximum absolute atomic E-state index is 12.9. The number of aromatic nitrogens is 4. The highest BCUT2D eigenvalue weighted by Crippen LogP contribution is 2.22. The molecule has 0 radical (unpaired) electrons. The smallest absolute Gasteiger partial charge is 0.262 e. The van der Waals surface area contributed by atoms with Crippen molar-refractivity contribution in [1.82, 2.24) is 19.2 Å². The topological polar surface area (TPSA) is 93.3 Å². The molecule has 8 heteroatoms. The van der Waals surface area contributed by atoms with Crippen LogP contribution in [0.15, 0.2) is 77.6 Å². The second kappa shape index (κ2) is 8.82. The highest BCUT2D eigenvalue weighted by Gasteiger charge is 2.16. The summed E-state index contributed by atoms with van der Waals surface area (Å²) in [5.74, 6) is 1.04. The van der Waals surface area contributed by atoms with Gasteiger partial charge in [-0.2, -0.15) is 0 Å². The van der Waals surface area contributed by atoms with Gasteiger partial charge in [-0.05, 0) is 55.8 Å². The van der Waals surface area contributed by atoms with Crippen molar-refractivity contribution in [2.24, 2.45) is 0 Å². The lowest BCUT2D eigenvalue weighted by Gasteiger charge is -2.13. The van der Waals surface area contributed by atoms with Gasteiger partial charge in [-0.3, -0.25) is 18.6 Å². The molecule has 0 saturated heterocycles. The Balaban J connectivity index is 1.45. The second-order valence-electron chi connectivity index (χ2n) is 8.02. The number of hydrogen-bond donors (Lipinski definition) is 2. The first-order chi connectivity index (χ1) is 16.6. The molecule has 8 nitrogen and oxygen atoms in total. The molecule has 0 aliphatic heterocycles. The number of fused-ring (bicyclic) bond motifs is 3. The predicted octanol–water partition coefficient (Wildman–Crippen LogP) is 4.24. The van der Waals surface area contributed by atoms with Crippen LogP contribution in [0.1, 0.15) is 28.7 Å². The molecule has 5 aromatic rings. The summed E-state index contributed by atoms with van der Waals surface area (Å²) in [5.41, 5.74) is 3.89. The van der Waals surface area contributed by atoms with E-state index >= 15 is 0 Å². The van der Waals surface area contributed by atoms with Crippen LogP contribution in [0.5, 0.6) is 0 Å². The summed E-state index contributed by atoms with van der Waals surface area (Å²) >= 11 is 0. The Morgan fingerprint density at radius 3 is 2.53 bits per heavy atom. The van der Waals surface area contributed by atoms with Gasteiger partial charge in [0, 0.05) is 23.5 Å². The molecule has 34 heavy (non-hydrogen) atoms. The SMILES string of the molecule is CCn1c(=O)c2ccccc2n2c(CNc3cc(NC(=O)c4ccccc4)ccc3C)nnc12. The Kier molecular flexibility index (Phi) is 5.55. The molecule has 3 aromatic carbocycles. The number of hydrogen-bond acceptors (Lipinski definition) is 5. The average molecular weight is 453 g/mol. The van der Waals surface area contributed by atoms with Gasteiger partial charge in [-0.25, -0.2) is 0 Å². The molecular formula is C26H24N6O2. The van der Waals surface area contributed by atoms with Crippen LogP contribution in [0, 0.1) is 6.92 Å². The summed E-state index contributed by atoms with van der Waals surface area (Å²) in [4.78, 5) is 25.4. The van der Waals surface area contributed by atoms with Gasteiger partial charge in [0.15, 0.2) is 5.82 Å². The fraction of sp³-hybridized carbons (Fsp3) is 0.154. The third-order valence-corrected chi connectivity index (χ3v) is 5.86. The maximum Gasteiger partial charge on any atom is 0.262 e. The maximum atomic E-state index is 12.9. The largest absolute Gasteiger partial charge is 0.377 e. The number of nitrogens with one attached hydrogen (secondary N) is 2. The van der Waals surface area contributed by atoms with Gasteiger partial charge in [-0.1, -0.05) is 36.4 Å². The van der Waals surface area contributed by atoms with Gasteiger partial charge in [0.05, 0.1) is 17.4 Å². The van der Waals surface area contributed by atoms with Gasteiger partial charge in [0.2, 0.25) is 5.78 Å². The molecule has 0 atom stereocenters. The van der Waals surface area contributed by atoms with Crippen LogP contribution in [-0.2, 0) is 13.1 Å². The van der Waals surface area contributed by atoms with Crippen molar-refractivity contribution in [2.75, 3.05) is 10.6 Å². The molecule has 0 unspecified atom stereocenters. The Bertz CT molecular complexity index is 1570. The van der Waals surface area contributed by atoms with E-state index in [0.717, 1.165) is 16.8 Å². The molecule has 0 saturated carbocycles. The van der Waals surface area contributed by atoms with Gasteiger partial charge < -0.3 is 10.6 Å². The lowest BCUT2D eigenvalue weighted by Crippen LogP contribution is -2.23. The number of aryl methyl sites for hydroxylation is 2. The summed E-state index contributed by atoms with van der Waals surface area (Å²) in [7, 11) is 0. The first kappa shape index (κ1) is 21.4. The minimum Gasteiger partial charge on any atom is -0.377 e. The lowest BCUT2D eigenvalue weighted by molar-refractivity contribution is 0.102. The Morgan fingerprint density at radius 1 is 0.971 bits per heavy atom. The van der Waals surface area contributed by atoms with Crippen LogP contribution >= 0.6 is 0 Å². The first-order valence-electron chi connectivity index (χ1n) is 11.1. The molecule has 2 N–H and O–H groups in total. The molecule has 2 aromatic heterocycles. The van der Waals surface area contributed by atoms with Crippen LogP contribution in [0.2, 0.25) is 0 Å². The number of carbonyl (C=O) groups excluding carboxylic acids is 1. The summed E-state index contributed by atoms with van der Waals surface area (Å²) < 4.78 is 3.55. The molecule has 0 aliphatic carbocycles. The lowest BCUT2D eigenvalue weighted by atomic mass is 10.1. The number of benzene rings is 3. The molecule has 2 heterocycles. The molecule has 5 rings (SSSR count). The second-order valence-corrected chi connectivity index (χ2v) is 8.02. The van der Waals surface area contributed by atoms with Crippen molar-refractivity contribution < 1.29 is 4.79 Å². The van der Waals surface area contributed by atoms with Crippen LogP contribution < -0.4 is 16.2 Å². The van der Waals surface area contributed by atoms with E-state index in [-0.39, 0.29) is 11.5 Å². The normalized spacial score (nSPS) is 11.1. The number of rotatable bonds is 6. The Morgan fingerprint density at radius 2 is 1.74 bits per heavy atom. The quantitative estimate of drug-likeness (QED) is 0.402. The summed E-state index contributed by atoms with van der Waals surface area (Å²) in [6.07, 6.45) is 0. The van der Waals surface area contributed by atoms with Crippen molar-refractivity contribution in [3.8, 4) is 0 Å². The van der Waals surface area contributed by atoms with E-state index < -0.39 is 0 Å². The highest BCUT2D eigenvalue weighted by molar-refractivity contribution is 6.04. The highest BCUT2D eigenvalue weighted by atomic mass is 16.1. The minimum atomic E-state index is -0.164. The molecular weight excluding hydrogens is 428 g/mol. The van der Waals surface area contributed by atoms with E-state index in [2.05, 4.69) is 20.8 Å². The summed E-state index contributed by atoms with van der Waals surface area (Å²) in [5, 5.41) is 15.7. The van der Waals surface area contributed by atoms with E-state index in [0.29, 0.717) is 41.3 Å². The third-order valence-electron chi connectivity index (χ3n) is 5.86. The van der Waals surface area contributed by atoms with Gasteiger partial charge >= 0.3 is 0 Å². The minimum absolute atomic E-state index is 0.0739. The van der Waals surface area contributed by atoms with Crippen molar-refractivity contribution in [1.29, 1.82) is 0 Å². The molecule has 0 bridgehead atoms. The molecule has 170 valence electrons. The molecule has 0 fully saturated rings. The van der Waals surface area contributed by atoms with E-state index in [1.165, 1.54) is 0 Å². The van der Waals surface area contributed by atoms with E-state index in [1.807, 2.05) is 78.9 Å².